The number of hydrogen-bond donors (Lipinski definition) is 2. The molecule has 0 radical (unpaired) electrons. The van der Waals surface area contributed by atoms with Crippen LogP contribution in [-0.2, 0) is 14.8 Å². The maximum Gasteiger partial charge on any atom is 0.338 e. The minimum absolute atomic E-state index is 0.0599. The Bertz CT molecular complexity index is 1020. The van der Waals surface area contributed by atoms with Gasteiger partial charge in [0.15, 0.2) is 5.75 Å². The molecule has 2 aromatic rings. The van der Waals surface area contributed by atoms with Crippen molar-refractivity contribution in [3.63, 3.8) is 0 Å². The largest absolute Gasteiger partial charge is 0.461 e. The van der Waals surface area contributed by atoms with Gasteiger partial charge in [-0.3, -0.25) is 4.90 Å². The van der Waals surface area contributed by atoms with Crippen LogP contribution in [0.5, 0.6) is 11.5 Å². The van der Waals surface area contributed by atoms with Gasteiger partial charge in [0, 0.05) is 13.1 Å². The van der Waals surface area contributed by atoms with Crippen LogP contribution in [0.25, 0.3) is 0 Å². The number of likely N-dealkylation sites (tertiary alicyclic amines) is 1. The lowest BCUT2D eigenvalue weighted by molar-refractivity contribution is 0.0452. The van der Waals surface area contributed by atoms with E-state index in [4.69, 9.17) is 14.6 Å². The van der Waals surface area contributed by atoms with Gasteiger partial charge in [0.05, 0.1) is 11.3 Å². The Morgan fingerprint density at radius 2 is 1.85 bits per heavy atom. The summed E-state index contributed by atoms with van der Waals surface area (Å²) in [7, 11) is -4.18. The molecule has 2 aromatic carbocycles. The van der Waals surface area contributed by atoms with Gasteiger partial charge in [-0.2, -0.15) is 0 Å². The fourth-order valence-electron chi connectivity index (χ4n) is 3.71. The molecule has 1 aliphatic heterocycles. The molecule has 180 valence electrons. The van der Waals surface area contributed by atoms with E-state index < -0.39 is 16.0 Å². The van der Waals surface area contributed by atoms with Crippen molar-refractivity contribution < 1.29 is 22.7 Å². The first-order valence-corrected chi connectivity index (χ1v) is 13.0. The zero-order valence-corrected chi connectivity index (χ0v) is 19.9. The molecule has 1 fully saturated rings. The molecule has 3 N–H and O–H groups in total. The summed E-state index contributed by atoms with van der Waals surface area (Å²) in [6.07, 6.45) is 5.35. The van der Waals surface area contributed by atoms with Crippen LogP contribution in [0.4, 0.5) is 5.69 Å². The Morgan fingerprint density at radius 3 is 2.52 bits per heavy atom. The number of sulfonamides is 1. The van der Waals surface area contributed by atoms with Crippen molar-refractivity contribution >= 4 is 21.7 Å². The smallest absolute Gasteiger partial charge is 0.338 e. The lowest BCUT2D eigenvalue weighted by Gasteiger charge is -2.26. The highest BCUT2D eigenvalue weighted by atomic mass is 32.2. The Morgan fingerprint density at radius 1 is 1.12 bits per heavy atom. The van der Waals surface area contributed by atoms with Gasteiger partial charge in [-0.1, -0.05) is 38.0 Å². The van der Waals surface area contributed by atoms with E-state index in [9.17, 15) is 13.2 Å². The maximum absolute atomic E-state index is 12.8. The first-order valence-electron chi connectivity index (χ1n) is 11.5. The first kappa shape index (κ1) is 25.0. The summed E-state index contributed by atoms with van der Waals surface area (Å²) in [6, 6.07) is 11.6. The summed E-state index contributed by atoms with van der Waals surface area (Å²) in [6.45, 7) is 5.54. The third-order valence-electron chi connectivity index (χ3n) is 5.50. The highest BCUT2D eigenvalue weighted by Crippen LogP contribution is 2.37. The van der Waals surface area contributed by atoms with E-state index >= 15 is 0 Å². The average molecular weight is 476 g/mol. The lowest BCUT2D eigenvalue weighted by Crippen LogP contribution is -2.33. The number of anilines is 1. The number of rotatable bonds is 11. The second kappa shape index (κ2) is 12.0. The van der Waals surface area contributed by atoms with Gasteiger partial charge in [-0.25, -0.2) is 18.4 Å². The van der Waals surface area contributed by atoms with Gasteiger partial charge in [-0.15, -0.1) is 0 Å². The van der Waals surface area contributed by atoms with E-state index in [1.807, 2.05) is 6.07 Å². The fourth-order valence-corrected chi connectivity index (χ4v) is 4.41. The molecule has 9 heteroatoms. The quantitative estimate of drug-likeness (QED) is 0.373. The normalized spacial score (nSPS) is 14.6. The number of esters is 1. The molecule has 0 bridgehead atoms. The molecule has 1 saturated heterocycles. The van der Waals surface area contributed by atoms with Gasteiger partial charge >= 0.3 is 5.97 Å². The number of benzene rings is 2. The van der Waals surface area contributed by atoms with E-state index in [0.29, 0.717) is 24.5 Å². The summed E-state index contributed by atoms with van der Waals surface area (Å²) in [5, 5.41) is 8.70. The molecular formula is C24H33N3O5S. The monoisotopic (exact) mass is 475 g/mol. The molecule has 0 unspecified atom stereocenters. The second-order valence-electron chi connectivity index (χ2n) is 8.13. The van der Waals surface area contributed by atoms with Crippen LogP contribution in [0.2, 0.25) is 0 Å². The van der Waals surface area contributed by atoms with Crippen LogP contribution in [0, 0.1) is 0 Å². The Kier molecular flexibility index (Phi) is 9.11. The number of carbonyl (C=O) groups is 1. The van der Waals surface area contributed by atoms with Crippen LogP contribution < -0.4 is 15.2 Å². The number of ether oxygens (including phenoxy) is 2. The molecular weight excluding hydrogens is 442 g/mol. The molecule has 1 aliphatic rings. The summed E-state index contributed by atoms with van der Waals surface area (Å²) >= 11 is 0. The van der Waals surface area contributed by atoms with E-state index in [0.717, 1.165) is 38.8 Å². The van der Waals surface area contributed by atoms with Crippen LogP contribution >= 0.6 is 0 Å². The highest BCUT2D eigenvalue weighted by Gasteiger charge is 2.24. The van der Waals surface area contributed by atoms with Crippen molar-refractivity contribution in [1.29, 1.82) is 0 Å². The summed E-state index contributed by atoms with van der Waals surface area (Å²) in [5.41, 5.74) is 0.485. The van der Waals surface area contributed by atoms with E-state index in [-0.39, 0.29) is 22.8 Å². The lowest BCUT2D eigenvalue weighted by atomic mass is 10.1. The zero-order valence-electron chi connectivity index (χ0n) is 19.1. The zero-order chi connectivity index (χ0) is 23.7. The Labute approximate surface area is 196 Å². The molecule has 8 nitrogen and oxygen atoms in total. The number of unbranched alkanes of at least 4 members (excludes halogenated alkanes) is 1. The van der Waals surface area contributed by atoms with Crippen molar-refractivity contribution in [2.75, 3.05) is 38.1 Å². The summed E-state index contributed by atoms with van der Waals surface area (Å²) in [5.74, 6) is -0.0795. The Balaban J connectivity index is 1.86. The van der Waals surface area contributed by atoms with Gasteiger partial charge in [0.25, 0.3) is 0 Å². The van der Waals surface area contributed by atoms with Crippen LogP contribution in [0.15, 0.2) is 47.4 Å². The van der Waals surface area contributed by atoms with Crippen molar-refractivity contribution in [2.24, 2.45) is 5.14 Å². The van der Waals surface area contributed by atoms with Crippen molar-refractivity contribution in [1.82, 2.24) is 4.90 Å². The molecule has 1 heterocycles. The maximum atomic E-state index is 12.8. The number of hydrogen-bond acceptors (Lipinski definition) is 7. The SMILES string of the molecule is CCCCNc1cc(C(=O)OCCN2CCCCC2)cc(S(N)(=O)=O)c1Oc1ccccc1. The number of para-hydroxylation sites is 1. The highest BCUT2D eigenvalue weighted by molar-refractivity contribution is 7.89. The predicted octanol–water partition coefficient (Wildman–Crippen LogP) is 3.98. The second-order valence-corrected chi connectivity index (χ2v) is 9.66. The standard InChI is InChI=1S/C24H33N3O5S/c1-2-3-12-26-21-17-19(24(28)31-16-15-27-13-8-5-9-14-27)18-22(33(25,29)30)23(21)32-20-10-6-4-7-11-20/h4,6-7,10-11,17-18,26H,2-3,5,8-9,12-16H2,1H3,(H2,25,29,30). The topological polar surface area (TPSA) is 111 Å². The Hall–Kier alpha value is -2.62. The molecule has 0 aliphatic carbocycles. The number of nitrogens with zero attached hydrogens (tertiary/aromatic N) is 1. The third-order valence-corrected chi connectivity index (χ3v) is 6.41. The first-order chi connectivity index (χ1) is 15.9. The predicted molar refractivity (Wildman–Crippen MR) is 128 cm³/mol. The molecule has 0 atom stereocenters. The molecule has 0 amide bonds. The van der Waals surface area contributed by atoms with E-state index in [2.05, 4.69) is 17.1 Å². The van der Waals surface area contributed by atoms with Gasteiger partial charge in [-0.05, 0) is 56.6 Å². The number of primary sulfonamides is 1. The summed E-state index contributed by atoms with van der Waals surface area (Å²) in [4.78, 5) is 14.8. The third kappa shape index (κ3) is 7.45. The van der Waals surface area contributed by atoms with Crippen LogP contribution in [-0.4, -0.2) is 52.1 Å². The molecule has 0 spiro atoms. The minimum atomic E-state index is -4.18. The molecule has 0 aromatic heterocycles. The van der Waals surface area contributed by atoms with Gasteiger partial charge in [0.1, 0.15) is 17.3 Å². The van der Waals surface area contributed by atoms with Crippen molar-refractivity contribution in [2.45, 2.75) is 43.9 Å². The molecule has 0 saturated carbocycles. The fraction of sp³-hybridized carbons (Fsp3) is 0.458. The minimum Gasteiger partial charge on any atom is -0.461 e. The van der Waals surface area contributed by atoms with E-state index in [1.165, 1.54) is 12.5 Å². The van der Waals surface area contributed by atoms with E-state index in [1.54, 1.807) is 30.3 Å². The van der Waals surface area contributed by atoms with Gasteiger partial charge < -0.3 is 14.8 Å². The summed E-state index contributed by atoms with van der Waals surface area (Å²) < 4.78 is 36.2. The number of carbonyl (C=O) groups excluding carboxylic acids is 1. The number of nitrogens with two attached hydrogens (primary N) is 1. The van der Waals surface area contributed by atoms with Crippen molar-refractivity contribution in [3.05, 3.63) is 48.0 Å². The molecule has 3 rings (SSSR count). The molecule has 33 heavy (non-hydrogen) atoms. The average Bonchev–Trinajstić information content (AvgIpc) is 2.80. The number of piperidine rings is 1. The number of nitrogens with one attached hydrogen (secondary N) is 1. The van der Waals surface area contributed by atoms with Gasteiger partial charge in [0.2, 0.25) is 10.0 Å². The van der Waals surface area contributed by atoms with Crippen LogP contribution in [0.1, 0.15) is 49.4 Å². The van der Waals surface area contributed by atoms with Crippen molar-refractivity contribution in [3.8, 4) is 11.5 Å². The van der Waals surface area contributed by atoms with Crippen LogP contribution in [0.3, 0.4) is 0 Å².